The molecule has 1 atom stereocenters. The van der Waals surface area contributed by atoms with Crippen LogP contribution in [0.3, 0.4) is 0 Å². The van der Waals surface area contributed by atoms with Gasteiger partial charge in [0.1, 0.15) is 5.82 Å². The molecule has 4 rings (SSSR count). The SMILES string of the molecule is CONc1ccc([C@H](C)NC(=O)c2c(Cc3ccc(F)cc3)sc3c2CCOC3)cc1. The topological polar surface area (TPSA) is 59.6 Å². The molecule has 0 saturated heterocycles. The normalized spacial score (nSPS) is 14.0. The molecule has 0 fully saturated rings. The fourth-order valence-electron chi connectivity index (χ4n) is 3.77. The van der Waals surface area contributed by atoms with Crippen LogP contribution in [-0.4, -0.2) is 19.6 Å². The van der Waals surface area contributed by atoms with Gasteiger partial charge in [-0.3, -0.25) is 15.1 Å². The van der Waals surface area contributed by atoms with E-state index >= 15 is 0 Å². The highest BCUT2D eigenvalue weighted by atomic mass is 32.1. The third kappa shape index (κ3) is 4.95. The zero-order chi connectivity index (χ0) is 21.8. The molecule has 0 spiro atoms. The average Bonchev–Trinajstić information content (AvgIpc) is 3.14. The zero-order valence-electron chi connectivity index (χ0n) is 17.5. The second kappa shape index (κ2) is 9.60. The van der Waals surface area contributed by atoms with Crippen molar-refractivity contribution in [3.05, 3.63) is 86.4 Å². The van der Waals surface area contributed by atoms with Crippen LogP contribution in [0.5, 0.6) is 0 Å². The third-order valence-corrected chi connectivity index (χ3v) is 6.58. The van der Waals surface area contributed by atoms with Crippen molar-refractivity contribution in [1.82, 2.24) is 5.32 Å². The van der Waals surface area contributed by atoms with E-state index in [4.69, 9.17) is 9.57 Å². The number of halogens is 1. The molecule has 1 amide bonds. The van der Waals surface area contributed by atoms with E-state index < -0.39 is 0 Å². The molecule has 0 aliphatic carbocycles. The van der Waals surface area contributed by atoms with Gasteiger partial charge in [-0.25, -0.2) is 4.39 Å². The van der Waals surface area contributed by atoms with Crippen LogP contribution < -0.4 is 10.8 Å². The Morgan fingerprint density at radius 1 is 1.19 bits per heavy atom. The molecule has 3 aromatic rings. The summed E-state index contributed by atoms with van der Waals surface area (Å²) >= 11 is 1.62. The fraction of sp³-hybridized carbons (Fsp3) is 0.292. The van der Waals surface area contributed by atoms with Gasteiger partial charge in [-0.1, -0.05) is 24.3 Å². The number of thiophene rings is 1. The van der Waals surface area contributed by atoms with Crippen molar-refractivity contribution in [1.29, 1.82) is 0 Å². The molecule has 2 N–H and O–H groups in total. The largest absolute Gasteiger partial charge is 0.376 e. The molecular formula is C24H25FN2O3S. The van der Waals surface area contributed by atoms with Gasteiger partial charge in [-0.2, -0.15) is 0 Å². The maximum atomic E-state index is 13.4. The van der Waals surface area contributed by atoms with Crippen LogP contribution in [0.15, 0.2) is 48.5 Å². The lowest BCUT2D eigenvalue weighted by Gasteiger charge is -2.18. The standard InChI is InChI=1S/C24H25FN2O3S/c1-15(17-5-9-19(10-6-17)27-29-2)26-24(28)23-20-11-12-30-14-22(20)31-21(23)13-16-3-7-18(25)8-4-16/h3-10,15,27H,11-14H2,1-2H3,(H,26,28)/t15-/m0/s1. The Hall–Kier alpha value is -2.74. The monoisotopic (exact) mass is 440 g/mol. The summed E-state index contributed by atoms with van der Waals surface area (Å²) in [5, 5.41) is 3.15. The van der Waals surface area contributed by atoms with E-state index in [1.165, 1.54) is 12.1 Å². The first-order valence-corrected chi connectivity index (χ1v) is 11.0. The van der Waals surface area contributed by atoms with Crippen LogP contribution >= 0.6 is 11.3 Å². The molecule has 5 nitrogen and oxygen atoms in total. The molecule has 1 aromatic heterocycles. The summed E-state index contributed by atoms with van der Waals surface area (Å²) in [6, 6.07) is 14.0. The minimum atomic E-state index is -0.263. The molecule has 0 saturated carbocycles. The lowest BCUT2D eigenvalue weighted by Crippen LogP contribution is -2.28. The molecule has 7 heteroatoms. The van der Waals surface area contributed by atoms with Gasteiger partial charge in [0.25, 0.3) is 5.91 Å². The summed E-state index contributed by atoms with van der Waals surface area (Å²) in [4.78, 5) is 20.4. The molecule has 0 radical (unpaired) electrons. The molecule has 1 aliphatic heterocycles. The summed E-state index contributed by atoms with van der Waals surface area (Å²) in [5.74, 6) is -0.343. The van der Waals surface area contributed by atoms with Crippen LogP contribution in [0.2, 0.25) is 0 Å². The second-order valence-corrected chi connectivity index (χ2v) is 8.72. The van der Waals surface area contributed by atoms with Crippen molar-refractivity contribution < 1.29 is 18.8 Å². The van der Waals surface area contributed by atoms with Crippen molar-refractivity contribution in [3.63, 3.8) is 0 Å². The maximum Gasteiger partial charge on any atom is 0.253 e. The highest BCUT2D eigenvalue weighted by Gasteiger charge is 2.26. The molecule has 0 bridgehead atoms. The molecule has 1 aliphatic rings. The number of ether oxygens (including phenoxy) is 1. The van der Waals surface area contributed by atoms with Gasteiger partial charge in [0.15, 0.2) is 0 Å². The van der Waals surface area contributed by atoms with Crippen molar-refractivity contribution in [2.24, 2.45) is 0 Å². The van der Waals surface area contributed by atoms with Gasteiger partial charge >= 0.3 is 0 Å². The highest BCUT2D eigenvalue weighted by molar-refractivity contribution is 7.12. The van der Waals surface area contributed by atoms with Crippen molar-refractivity contribution in [3.8, 4) is 0 Å². The van der Waals surface area contributed by atoms with Crippen LogP contribution in [0.25, 0.3) is 0 Å². The number of fused-ring (bicyclic) bond motifs is 1. The number of hydrogen-bond acceptors (Lipinski definition) is 5. The Bertz CT molecular complexity index is 1050. The van der Waals surface area contributed by atoms with Crippen LogP contribution in [0.1, 0.15) is 49.8 Å². The van der Waals surface area contributed by atoms with E-state index in [9.17, 15) is 9.18 Å². The number of carbonyl (C=O) groups excluding carboxylic acids is 1. The minimum Gasteiger partial charge on any atom is -0.376 e. The van der Waals surface area contributed by atoms with E-state index in [-0.39, 0.29) is 17.8 Å². The predicted octanol–water partition coefficient (Wildman–Crippen LogP) is 5.02. The molecule has 2 aromatic carbocycles. The quantitative estimate of drug-likeness (QED) is 0.507. The van der Waals surface area contributed by atoms with Gasteiger partial charge < -0.3 is 10.1 Å². The first kappa shape index (κ1) is 21.5. The highest BCUT2D eigenvalue weighted by Crippen LogP contribution is 2.34. The predicted molar refractivity (Wildman–Crippen MR) is 120 cm³/mol. The molecular weight excluding hydrogens is 415 g/mol. The van der Waals surface area contributed by atoms with Gasteiger partial charge in [-0.05, 0) is 54.3 Å². The number of carbonyl (C=O) groups is 1. The van der Waals surface area contributed by atoms with Gasteiger partial charge in [0, 0.05) is 16.2 Å². The zero-order valence-corrected chi connectivity index (χ0v) is 18.4. The maximum absolute atomic E-state index is 13.4. The van der Waals surface area contributed by atoms with Crippen LogP contribution in [0, 0.1) is 5.82 Å². The second-order valence-electron chi connectivity index (χ2n) is 7.53. The van der Waals surface area contributed by atoms with Crippen molar-refractivity contribution in [2.75, 3.05) is 19.2 Å². The van der Waals surface area contributed by atoms with E-state index in [0.29, 0.717) is 19.6 Å². The van der Waals surface area contributed by atoms with Crippen LogP contribution in [-0.2, 0) is 29.0 Å². The number of anilines is 1. The Morgan fingerprint density at radius 3 is 2.65 bits per heavy atom. The summed E-state index contributed by atoms with van der Waals surface area (Å²) in [6.45, 7) is 3.12. The Balaban J connectivity index is 1.57. The van der Waals surface area contributed by atoms with E-state index in [0.717, 1.165) is 44.1 Å². The number of hydrogen-bond donors (Lipinski definition) is 2. The molecule has 31 heavy (non-hydrogen) atoms. The van der Waals surface area contributed by atoms with Gasteiger partial charge in [-0.15, -0.1) is 11.3 Å². The summed E-state index contributed by atoms with van der Waals surface area (Å²) < 4.78 is 18.9. The molecule has 2 heterocycles. The first-order chi connectivity index (χ1) is 15.0. The van der Waals surface area contributed by atoms with Gasteiger partial charge in [0.2, 0.25) is 0 Å². The lowest BCUT2D eigenvalue weighted by atomic mass is 9.99. The molecule has 0 unspecified atom stereocenters. The van der Waals surface area contributed by atoms with Crippen LogP contribution in [0.4, 0.5) is 10.1 Å². The first-order valence-electron chi connectivity index (χ1n) is 10.2. The summed E-state index contributed by atoms with van der Waals surface area (Å²) in [5.41, 5.74) is 7.44. The number of rotatable bonds is 7. The van der Waals surface area contributed by atoms with Gasteiger partial charge in [0.05, 0.1) is 37.6 Å². The Kier molecular flexibility index (Phi) is 6.65. The van der Waals surface area contributed by atoms with E-state index in [1.54, 1.807) is 30.6 Å². The third-order valence-electron chi connectivity index (χ3n) is 5.38. The molecule has 162 valence electrons. The minimum absolute atomic E-state index is 0.0805. The Morgan fingerprint density at radius 2 is 1.94 bits per heavy atom. The lowest BCUT2D eigenvalue weighted by molar-refractivity contribution is 0.0931. The van der Waals surface area contributed by atoms with E-state index in [1.807, 2.05) is 31.2 Å². The average molecular weight is 441 g/mol. The summed E-state index contributed by atoms with van der Waals surface area (Å²) in [6.07, 6.45) is 1.32. The van der Waals surface area contributed by atoms with E-state index in [2.05, 4.69) is 10.8 Å². The number of benzene rings is 2. The fourth-order valence-corrected chi connectivity index (χ4v) is 5.10. The number of amides is 1. The summed E-state index contributed by atoms with van der Waals surface area (Å²) in [7, 11) is 1.56. The van der Waals surface area contributed by atoms with Crippen molar-refractivity contribution >= 4 is 22.9 Å². The number of nitrogens with one attached hydrogen (secondary N) is 2. The van der Waals surface area contributed by atoms with Crippen molar-refractivity contribution in [2.45, 2.75) is 32.4 Å². The Labute approximate surface area is 185 Å². The smallest absolute Gasteiger partial charge is 0.253 e.